The monoisotopic (exact) mass is 285 g/mol. The van der Waals surface area contributed by atoms with Crippen LogP contribution >= 0.6 is 0 Å². The summed E-state index contributed by atoms with van der Waals surface area (Å²) in [6.45, 7) is 10.4. The van der Waals surface area contributed by atoms with E-state index in [2.05, 4.69) is 29.4 Å². The van der Waals surface area contributed by atoms with Crippen LogP contribution < -0.4 is 10.6 Å². The minimum Gasteiger partial charge on any atom is -0.481 e. The van der Waals surface area contributed by atoms with Gasteiger partial charge < -0.3 is 20.6 Å². The lowest BCUT2D eigenvalue weighted by Crippen LogP contribution is -2.46. The normalized spacial score (nSPS) is 22.6. The molecule has 0 spiro atoms. The van der Waals surface area contributed by atoms with Gasteiger partial charge in [-0.1, -0.05) is 0 Å². The Bertz CT molecular complexity index is 347. The summed E-state index contributed by atoms with van der Waals surface area (Å²) >= 11 is 0. The number of amides is 2. The van der Waals surface area contributed by atoms with Crippen LogP contribution in [0.4, 0.5) is 4.79 Å². The second-order valence-electron chi connectivity index (χ2n) is 6.01. The van der Waals surface area contributed by atoms with Gasteiger partial charge in [0.15, 0.2) is 0 Å². The number of carbonyl (C=O) groups excluding carboxylic acids is 1. The van der Waals surface area contributed by atoms with Crippen molar-refractivity contribution in [3.63, 3.8) is 0 Å². The van der Waals surface area contributed by atoms with Gasteiger partial charge in [0, 0.05) is 25.2 Å². The number of urea groups is 1. The lowest BCUT2D eigenvalue weighted by Gasteiger charge is -2.21. The van der Waals surface area contributed by atoms with Crippen LogP contribution in [0.1, 0.15) is 34.1 Å². The van der Waals surface area contributed by atoms with Gasteiger partial charge in [0.25, 0.3) is 0 Å². The van der Waals surface area contributed by atoms with E-state index in [4.69, 9.17) is 5.11 Å². The quantitative estimate of drug-likeness (QED) is 0.683. The number of hydrogen-bond donors (Lipinski definition) is 3. The van der Waals surface area contributed by atoms with Crippen LogP contribution in [0.3, 0.4) is 0 Å². The average molecular weight is 285 g/mol. The van der Waals surface area contributed by atoms with Gasteiger partial charge in [-0.05, 0) is 46.6 Å². The molecular formula is C14H27N3O3. The highest BCUT2D eigenvalue weighted by atomic mass is 16.4. The maximum absolute atomic E-state index is 11.7. The highest BCUT2D eigenvalue weighted by Gasteiger charge is 2.25. The van der Waals surface area contributed by atoms with Crippen molar-refractivity contribution in [2.45, 2.75) is 46.2 Å². The van der Waals surface area contributed by atoms with Gasteiger partial charge in [0.05, 0.1) is 5.92 Å². The molecule has 6 nitrogen and oxygen atoms in total. The van der Waals surface area contributed by atoms with E-state index in [1.807, 2.05) is 0 Å². The molecule has 1 aliphatic rings. The summed E-state index contributed by atoms with van der Waals surface area (Å²) in [6.07, 6.45) is 1.10. The number of carboxylic acid groups (broad SMARTS) is 1. The maximum atomic E-state index is 11.7. The number of hydrogen-bond acceptors (Lipinski definition) is 3. The average Bonchev–Trinajstić information content (AvgIpc) is 2.84. The third kappa shape index (κ3) is 5.00. The standard InChI is InChI=1S/C14H27N3O3/c1-9(2)17-6-5-12(8-17)7-15-14(20)16-11(4)10(3)13(18)19/h9-12H,5-8H2,1-4H3,(H,18,19)(H2,15,16,20). The molecule has 3 N–H and O–H groups in total. The Labute approximate surface area is 120 Å². The summed E-state index contributed by atoms with van der Waals surface area (Å²) in [4.78, 5) is 24.9. The number of aliphatic carboxylic acids is 1. The molecule has 1 fully saturated rings. The van der Waals surface area contributed by atoms with Gasteiger partial charge >= 0.3 is 12.0 Å². The van der Waals surface area contributed by atoms with E-state index in [-0.39, 0.29) is 12.1 Å². The van der Waals surface area contributed by atoms with Gasteiger partial charge in [0.2, 0.25) is 0 Å². The maximum Gasteiger partial charge on any atom is 0.315 e. The van der Waals surface area contributed by atoms with Crippen molar-refractivity contribution < 1.29 is 14.7 Å². The molecule has 0 aromatic rings. The number of rotatable bonds is 6. The number of carbonyl (C=O) groups is 2. The van der Waals surface area contributed by atoms with Crippen molar-refractivity contribution >= 4 is 12.0 Å². The Morgan fingerprint density at radius 3 is 2.45 bits per heavy atom. The van der Waals surface area contributed by atoms with Crippen LogP contribution in [0.2, 0.25) is 0 Å². The van der Waals surface area contributed by atoms with E-state index in [0.717, 1.165) is 19.5 Å². The largest absolute Gasteiger partial charge is 0.481 e. The van der Waals surface area contributed by atoms with E-state index in [1.165, 1.54) is 0 Å². The first-order chi connectivity index (χ1) is 9.31. The molecule has 0 aromatic carbocycles. The number of carboxylic acids is 1. The third-order valence-electron chi connectivity index (χ3n) is 4.10. The minimum absolute atomic E-state index is 0.284. The van der Waals surface area contributed by atoms with E-state index < -0.39 is 11.9 Å². The second kappa shape index (κ2) is 7.47. The van der Waals surface area contributed by atoms with Crippen LogP contribution in [0.25, 0.3) is 0 Å². The molecule has 0 aliphatic carbocycles. The second-order valence-corrected chi connectivity index (χ2v) is 6.01. The Balaban J connectivity index is 2.25. The van der Waals surface area contributed by atoms with Crippen molar-refractivity contribution in [2.24, 2.45) is 11.8 Å². The molecule has 3 unspecified atom stereocenters. The van der Waals surface area contributed by atoms with E-state index in [9.17, 15) is 9.59 Å². The molecule has 20 heavy (non-hydrogen) atoms. The van der Waals surface area contributed by atoms with E-state index in [0.29, 0.717) is 18.5 Å². The zero-order valence-electron chi connectivity index (χ0n) is 12.8. The van der Waals surface area contributed by atoms with Gasteiger partial charge in [-0.2, -0.15) is 0 Å². The molecule has 0 saturated carbocycles. The van der Waals surface area contributed by atoms with Crippen LogP contribution in [0.5, 0.6) is 0 Å². The molecule has 3 atom stereocenters. The predicted octanol–water partition coefficient (Wildman–Crippen LogP) is 1.13. The van der Waals surface area contributed by atoms with Crippen LogP contribution in [-0.2, 0) is 4.79 Å². The summed E-state index contributed by atoms with van der Waals surface area (Å²) in [6, 6.07) is -0.123. The smallest absolute Gasteiger partial charge is 0.315 e. The summed E-state index contributed by atoms with van der Waals surface area (Å²) in [5, 5.41) is 14.4. The molecule has 1 heterocycles. The fourth-order valence-corrected chi connectivity index (χ4v) is 2.33. The number of nitrogens with one attached hydrogen (secondary N) is 2. The minimum atomic E-state index is -0.902. The summed E-state index contributed by atoms with van der Waals surface area (Å²) < 4.78 is 0. The highest BCUT2D eigenvalue weighted by molar-refractivity contribution is 5.76. The van der Waals surface area contributed by atoms with Crippen molar-refractivity contribution in [3.05, 3.63) is 0 Å². The Morgan fingerprint density at radius 1 is 1.30 bits per heavy atom. The van der Waals surface area contributed by atoms with Crippen LogP contribution in [0.15, 0.2) is 0 Å². The van der Waals surface area contributed by atoms with Gasteiger partial charge in [-0.15, -0.1) is 0 Å². The molecule has 0 aromatic heterocycles. The molecule has 6 heteroatoms. The fourth-order valence-electron chi connectivity index (χ4n) is 2.33. The lowest BCUT2D eigenvalue weighted by molar-refractivity contribution is -0.141. The Morgan fingerprint density at radius 2 is 1.95 bits per heavy atom. The predicted molar refractivity (Wildman–Crippen MR) is 77.6 cm³/mol. The topological polar surface area (TPSA) is 81.7 Å². The number of nitrogens with zero attached hydrogens (tertiary/aromatic N) is 1. The highest BCUT2D eigenvalue weighted by Crippen LogP contribution is 2.17. The van der Waals surface area contributed by atoms with Gasteiger partial charge in [0.1, 0.15) is 0 Å². The lowest BCUT2D eigenvalue weighted by atomic mass is 10.0. The molecule has 1 rings (SSSR count). The van der Waals surface area contributed by atoms with Crippen molar-refractivity contribution in [3.8, 4) is 0 Å². The fraction of sp³-hybridized carbons (Fsp3) is 0.857. The van der Waals surface area contributed by atoms with Crippen molar-refractivity contribution in [2.75, 3.05) is 19.6 Å². The molecule has 1 aliphatic heterocycles. The van der Waals surface area contributed by atoms with Crippen molar-refractivity contribution in [1.82, 2.24) is 15.5 Å². The van der Waals surface area contributed by atoms with E-state index >= 15 is 0 Å². The first kappa shape index (κ1) is 16.8. The first-order valence-corrected chi connectivity index (χ1v) is 7.32. The van der Waals surface area contributed by atoms with Gasteiger partial charge in [-0.3, -0.25) is 4.79 Å². The van der Waals surface area contributed by atoms with Crippen LogP contribution in [-0.4, -0.2) is 53.7 Å². The van der Waals surface area contributed by atoms with E-state index in [1.54, 1.807) is 13.8 Å². The molecule has 1 saturated heterocycles. The molecule has 0 radical (unpaired) electrons. The molecule has 2 amide bonds. The zero-order chi connectivity index (χ0) is 15.3. The molecular weight excluding hydrogens is 258 g/mol. The van der Waals surface area contributed by atoms with Crippen LogP contribution in [0, 0.1) is 11.8 Å². The van der Waals surface area contributed by atoms with Crippen molar-refractivity contribution in [1.29, 1.82) is 0 Å². The zero-order valence-corrected chi connectivity index (χ0v) is 12.8. The molecule has 116 valence electrons. The Kier molecular flexibility index (Phi) is 6.26. The summed E-state index contributed by atoms with van der Waals surface area (Å²) in [7, 11) is 0. The van der Waals surface area contributed by atoms with Gasteiger partial charge in [-0.25, -0.2) is 4.79 Å². The Hall–Kier alpha value is -1.30. The summed E-state index contributed by atoms with van der Waals surface area (Å²) in [5.74, 6) is -1.01. The first-order valence-electron chi connectivity index (χ1n) is 7.32. The SMILES string of the molecule is CC(NC(=O)NCC1CCN(C(C)C)C1)C(C)C(=O)O. The summed E-state index contributed by atoms with van der Waals surface area (Å²) in [5.41, 5.74) is 0. The molecule has 0 bridgehead atoms. The number of likely N-dealkylation sites (tertiary alicyclic amines) is 1. The third-order valence-corrected chi connectivity index (χ3v) is 4.10.